The maximum atomic E-state index is 13.3. The van der Waals surface area contributed by atoms with E-state index in [2.05, 4.69) is 21.4 Å². The average molecular weight is 600 g/mol. The van der Waals surface area contributed by atoms with Crippen LogP contribution < -0.4 is 9.46 Å². The number of nitrogens with one attached hydrogen (secondary N) is 1. The summed E-state index contributed by atoms with van der Waals surface area (Å²) in [5.74, 6) is 0.325. The molecule has 1 heterocycles. The minimum atomic E-state index is -3.53. The van der Waals surface area contributed by atoms with Crippen molar-refractivity contribution >= 4 is 27.6 Å². The van der Waals surface area contributed by atoms with Gasteiger partial charge in [-0.25, -0.2) is 13.2 Å². The minimum Gasteiger partial charge on any atom is -0.478 e. The summed E-state index contributed by atoms with van der Waals surface area (Å²) < 4.78 is 31.1. The molecule has 0 atom stereocenters. The zero-order valence-corrected chi connectivity index (χ0v) is 25.7. The molecular weight excluding hydrogens is 554 g/mol. The third-order valence-electron chi connectivity index (χ3n) is 8.33. The van der Waals surface area contributed by atoms with Gasteiger partial charge >= 0.3 is 5.97 Å². The molecule has 10 heteroatoms. The molecule has 2 aliphatic rings. The van der Waals surface area contributed by atoms with E-state index in [1.807, 2.05) is 24.3 Å². The van der Waals surface area contributed by atoms with Crippen LogP contribution in [0.4, 0.5) is 5.69 Å². The summed E-state index contributed by atoms with van der Waals surface area (Å²) in [6.07, 6.45) is 12.1. The number of benzene rings is 2. The molecule has 2 aromatic rings. The molecule has 1 saturated heterocycles. The summed E-state index contributed by atoms with van der Waals surface area (Å²) in [4.78, 5) is 29.7. The van der Waals surface area contributed by atoms with E-state index in [-0.39, 0.29) is 17.0 Å². The molecule has 4 rings (SSSR count). The monoisotopic (exact) mass is 599 g/mol. The lowest BCUT2D eigenvalue weighted by atomic mass is 9.86. The number of hydrogen-bond acceptors (Lipinski definition) is 6. The van der Waals surface area contributed by atoms with E-state index in [0.29, 0.717) is 30.0 Å². The number of carboxylic acid groups (broad SMARTS) is 1. The molecule has 1 aliphatic heterocycles. The van der Waals surface area contributed by atoms with Gasteiger partial charge in [-0.2, -0.15) is 0 Å². The number of unbranched alkanes of at least 4 members (excludes halogenated alkanes) is 1. The van der Waals surface area contributed by atoms with Gasteiger partial charge in [0.05, 0.1) is 6.26 Å². The molecule has 2 N–H and O–H groups in total. The number of carboxylic acids is 1. The number of likely N-dealkylation sites (tertiary alicyclic amines) is 1. The normalized spacial score (nSPS) is 17.1. The van der Waals surface area contributed by atoms with Crippen LogP contribution in [-0.2, 0) is 21.4 Å². The molecular formula is C32H45N3O6S. The fourth-order valence-corrected chi connectivity index (χ4v) is 6.65. The van der Waals surface area contributed by atoms with Gasteiger partial charge in [-0.3, -0.25) is 14.4 Å². The Bertz CT molecular complexity index is 1300. The van der Waals surface area contributed by atoms with Crippen LogP contribution in [0.1, 0.15) is 87.1 Å². The van der Waals surface area contributed by atoms with E-state index in [4.69, 9.17) is 4.74 Å². The van der Waals surface area contributed by atoms with E-state index in [0.717, 1.165) is 63.7 Å². The van der Waals surface area contributed by atoms with Gasteiger partial charge in [0.2, 0.25) is 15.9 Å². The third kappa shape index (κ3) is 9.46. The molecule has 230 valence electrons. The Morgan fingerprint density at radius 2 is 1.71 bits per heavy atom. The van der Waals surface area contributed by atoms with Gasteiger partial charge in [0.1, 0.15) is 17.1 Å². The fourth-order valence-electron chi connectivity index (χ4n) is 6.10. The van der Waals surface area contributed by atoms with Gasteiger partial charge in [-0.05, 0) is 73.9 Å². The van der Waals surface area contributed by atoms with Gasteiger partial charge in [0, 0.05) is 44.3 Å². The predicted molar refractivity (Wildman–Crippen MR) is 164 cm³/mol. The van der Waals surface area contributed by atoms with Gasteiger partial charge in [0.25, 0.3) is 0 Å². The maximum absolute atomic E-state index is 13.3. The summed E-state index contributed by atoms with van der Waals surface area (Å²) in [7, 11) is -3.53. The van der Waals surface area contributed by atoms with Gasteiger partial charge in [0.15, 0.2) is 0 Å². The predicted octanol–water partition coefficient (Wildman–Crippen LogP) is 6.11. The maximum Gasteiger partial charge on any atom is 0.339 e. The Hall–Kier alpha value is -3.11. The molecule has 1 amide bonds. The lowest BCUT2D eigenvalue weighted by Crippen LogP contribution is -2.48. The van der Waals surface area contributed by atoms with Gasteiger partial charge < -0.3 is 14.7 Å². The second-order valence-electron chi connectivity index (χ2n) is 11.8. The molecule has 9 nitrogen and oxygen atoms in total. The van der Waals surface area contributed by atoms with Crippen molar-refractivity contribution in [1.29, 1.82) is 0 Å². The zero-order chi connectivity index (χ0) is 30.1. The van der Waals surface area contributed by atoms with Gasteiger partial charge in [-0.1, -0.05) is 44.7 Å². The molecule has 1 aliphatic carbocycles. The number of ether oxygens (including phenoxy) is 1. The minimum absolute atomic E-state index is 0.127. The number of hydrogen-bond donors (Lipinski definition) is 2. The van der Waals surface area contributed by atoms with Crippen LogP contribution in [0, 0.1) is 5.92 Å². The number of piperidine rings is 1. The summed E-state index contributed by atoms with van der Waals surface area (Å²) in [6, 6.07) is 12.0. The average Bonchev–Trinajstić information content (AvgIpc) is 2.95. The quantitative estimate of drug-likeness (QED) is 0.285. The highest BCUT2D eigenvalue weighted by atomic mass is 32.2. The van der Waals surface area contributed by atoms with E-state index in [1.54, 1.807) is 0 Å². The molecule has 0 aromatic heterocycles. The molecule has 42 heavy (non-hydrogen) atoms. The van der Waals surface area contributed by atoms with Crippen LogP contribution in [0.2, 0.25) is 0 Å². The van der Waals surface area contributed by atoms with Crippen molar-refractivity contribution in [3.05, 3.63) is 53.6 Å². The van der Waals surface area contributed by atoms with E-state index >= 15 is 0 Å². The first-order valence-electron chi connectivity index (χ1n) is 15.2. The second kappa shape index (κ2) is 14.9. The van der Waals surface area contributed by atoms with Crippen molar-refractivity contribution in [2.45, 2.75) is 83.7 Å². The SMILES string of the molecule is CCCCN(C(=O)CC1CCCCC1)C1CCN(Cc2ccc(Oc3ccc(NS(C)(=O)=O)cc3C(=O)O)cc2)CC1. The molecule has 0 bridgehead atoms. The largest absolute Gasteiger partial charge is 0.478 e. The molecule has 0 radical (unpaired) electrons. The number of amides is 1. The Balaban J connectivity index is 1.31. The van der Waals surface area contributed by atoms with E-state index in [1.165, 1.54) is 50.3 Å². The summed E-state index contributed by atoms with van der Waals surface area (Å²) in [5.41, 5.74) is 1.15. The van der Waals surface area contributed by atoms with E-state index in [9.17, 15) is 23.1 Å². The van der Waals surface area contributed by atoms with E-state index < -0.39 is 16.0 Å². The molecule has 2 aromatic carbocycles. The van der Waals surface area contributed by atoms with Crippen molar-refractivity contribution < 1.29 is 27.9 Å². The zero-order valence-electron chi connectivity index (χ0n) is 24.9. The van der Waals surface area contributed by atoms with Crippen molar-refractivity contribution in [3.8, 4) is 11.5 Å². The molecule has 0 unspecified atom stereocenters. The lowest BCUT2D eigenvalue weighted by molar-refractivity contribution is -0.136. The third-order valence-corrected chi connectivity index (χ3v) is 8.94. The Morgan fingerprint density at radius 3 is 2.33 bits per heavy atom. The topological polar surface area (TPSA) is 116 Å². The first kappa shape index (κ1) is 31.8. The van der Waals surface area contributed by atoms with Crippen LogP contribution in [0.15, 0.2) is 42.5 Å². The first-order valence-corrected chi connectivity index (χ1v) is 17.1. The van der Waals surface area contributed by atoms with Crippen LogP contribution >= 0.6 is 0 Å². The van der Waals surface area contributed by atoms with Crippen molar-refractivity contribution in [2.75, 3.05) is 30.6 Å². The fraction of sp³-hybridized carbons (Fsp3) is 0.562. The van der Waals surface area contributed by atoms with Crippen molar-refractivity contribution in [2.24, 2.45) is 5.92 Å². The number of rotatable bonds is 13. The Labute approximate surface area is 250 Å². The highest BCUT2D eigenvalue weighted by Gasteiger charge is 2.29. The van der Waals surface area contributed by atoms with Crippen molar-refractivity contribution in [3.63, 3.8) is 0 Å². The molecule has 0 spiro atoms. The van der Waals surface area contributed by atoms with Crippen molar-refractivity contribution in [1.82, 2.24) is 9.80 Å². The Morgan fingerprint density at radius 1 is 1.02 bits per heavy atom. The summed E-state index contributed by atoms with van der Waals surface area (Å²) in [6.45, 7) is 5.73. The summed E-state index contributed by atoms with van der Waals surface area (Å²) >= 11 is 0. The number of nitrogens with zero attached hydrogens (tertiary/aromatic N) is 2. The number of carbonyl (C=O) groups excluding carboxylic acids is 1. The number of aromatic carboxylic acids is 1. The molecule has 1 saturated carbocycles. The smallest absolute Gasteiger partial charge is 0.339 e. The van der Waals surface area contributed by atoms with Gasteiger partial charge in [-0.15, -0.1) is 0 Å². The second-order valence-corrected chi connectivity index (χ2v) is 13.5. The first-order chi connectivity index (χ1) is 20.1. The number of anilines is 1. The number of carbonyl (C=O) groups is 2. The Kier molecular flexibility index (Phi) is 11.3. The van der Waals surface area contributed by atoms with Crippen LogP contribution in [0.5, 0.6) is 11.5 Å². The van der Waals surface area contributed by atoms with Crippen LogP contribution in [0.25, 0.3) is 0 Å². The molecule has 2 fully saturated rings. The van der Waals surface area contributed by atoms with Crippen LogP contribution in [0.3, 0.4) is 0 Å². The lowest BCUT2D eigenvalue weighted by Gasteiger charge is -2.39. The highest BCUT2D eigenvalue weighted by molar-refractivity contribution is 7.92. The highest BCUT2D eigenvalue weighted by Crippen LogP contribution is 2.30. The summed E-state index contributed by atoms with van der Waals surface area (Å²) in [5, 5.41) is 9.61. The number of sulfonamides is 1. The van der Waals surface area contributed by atoms with Crippen LogP contribution in [-0.4, -0.2) is 67.1 Å². The standard InChI is InChI=1S/C32H45N3O6S/c1-3-4-18-35(31(36)21-24-8-6-5-7-9-24)27-16-19-34(20-17-27)23-25-10-13-28(14-11-25)41-30-15-12-26(33-42(2,39)40)22-29(30)32(37)38/h10-15,22,24,27,33H,3-9,16-21,23H2,1-2H3,(H,37,38).